The molecule has 1 fully saturated rings. The maximum Gasteiger partial charge on any atom is 0.265 e. The molecule has 1 aromatic heterocycles. The van der Waals surface area contributed by atoms with Gasteiger partial charge in [0.15, 0.2) is 5.11 Å². The zero-order chi connectivity index (χ0) is 19.0. The van der Waals surface area contributed by atoms with Crippen molar-refractivity contribution in [2.24, 2.45) is 7.05 Å². The lowest BCUT2D eigenvalue weighted by Gasteiger charge is -2.29. The van der Waals surface area contributed by atoms with E-state index in [-0.39, 0.29) is 16.6 Å². The topological polar surface area (TPSA) is 54.3 Å². The molecule has 6 heteroatoms. The molecule has 0 radical (unpaired) electrons. The average Bonchev–Trinajstić information content (AvgIpc) is 2.99. The number of aromatic nitrogens is 1. The predicted octanol–water partition coefficient (Wildman–Crippen LogP) is 3.01. The van der Waals surface area contributed by atoms with E-state index in [0.29, 0.717) is 6.54 Å². The SMILES string of the molecule is Cn1cc(/C=C2\C(=O)NC(=S)N(Cc3ccccc3)C2=O)c2ccccc21. The number of hydrogen-bond acceptors (Lipinski definition) is 3. The largest absolute Gasteiger partial charge is 0.350 e. The first kappa shape index (κ1) is 17.2. The normalized spacial score (nSPS) is 16.3. The van der Waals surface area contributed by atoms with Gasteiger partial charge in [-0.05, 0) is 29.9 Å². The number of para-hydroxylation sites is 1. The van der Waals surface area contributed by atoms with Gasteiger partial charge in [0.25, 0.3) is 11.8 Å². The Morgan fingerprint density at radius 2 is 1.74 bits per heavy atom. The molecule has 0 spiro atoms. The van der Waals surface area contributed by atoms with Gasteiger partial charge in [0.2, 0.25) is 0 Å². The van der Waals surface area contributed by atoms with Crippen LogP contribution in [0.3, 0.4) is 0 Å². The van der Waals surface area contributed by atoms with Crippen LogP contribution in [-0.4, -0.2) is 26.4 Å². The van der Waals surface area contributed by atoms with E-state index in [1.165, 1.54) is 4.90 Å². The molecule has 4 rings (SSSR count). The molecule has 0 saturated carbocycles. The van der Waals surface area contributed by atoms with Crippen molar-refractivity contribution in [2.75, 3.05) is 0 Å². The maximum atomic E-state index is 13.0. The highest BCUT2D eigenvalue weighted by Crippen LogP contribution is 2.24. The third kappa shape index (κ3) is 3.15. The third-order valence-corrected chi connectivity index (χ3v) is 4.92. The summed E-state index contributed by atoms with van der Waals surface area (Å²) in [5.41, 5.74) is 2.87. The summed E-state index contributed by atoms with van der Waals surface area (Å²) in [5, 5.41) is 3.74. The second-order valence-electron chi connectivity index (χ2n) is 6.41. The number of amides is 2. The molecule has 3 aromatic rings. The van der Waals surface area contributed by atoms with Gasteiger partial charge in [-0.1, -0.05) is 48.5 Å². The van der Waals surface area contributed by atoms with E-state index in [0.717, 1.165) is 22.0 Å². The first-order valence-corrected chi connectivity index (χ1v) is 8.92. The number of hydrogen-bond donors (Lipinski definition) is 1. The fourth-order valence-corrected chi connectivity index (χ4v) is 3.49. The minimum atomic E-state index is -0.470. The number of nitrogens with zero attached hydrogens (tertiary/aromatic N) is 2. The van der Waals surface area contributed by atoms with E-state index >= 15 is 0 Å². The molecule has 2 amide bonds. The average molecular weight is 375 g/mol. The van der Waals surface area contributed by atoms with Crippen molar-refractivity contribution in [2.45, 2.75) is 6.54 Å². The van der Waals surface area contributed by atoms with E-state index in [1.807, 2.05) is 72.4 Å². The Hall–Kier alpha value is -3.25. The summed E-state index contributed by atoms with van der Waals surface area (Å²) in [5.74, 6) is -0.859. The Balaban J connectivity index is 1.72. The molecule has 5 nitrogen and oxygen atoms in total. The summed E-state index contributed by atoms with van der Waals surface area (Å²) < 4.78 is 1.97. The number of thiocarbonyl (C=S) groups is 1. The highest BCUT2D eigenvalue weighted by Gasteiger charge is 2.33. The van der Waals surface area contributed by atoms with E-state index in [1.54, 1.807) is 6.08 Å². The molecule has 27 heavy (non-hydrogen) atoms. The molecule has 0 atom stereocenters. The summed E-state index contributed by atoms with van der Waals surface area (Å²) in [6.45, 7) is 0.311. The van der Waals surface area contributed by atoms with Crippen LogP contribution in [0.2, 0.25) is 0 Å². The van der Waals surface area contributed by atoms with Gasteiger partial charge < -0.3 is 4.57 Å². The van der Waals surface area contributed by atoms with Crippen molar-refractivity contribution >= 4 is 46.1 Å². The zero-order valence-corrected chi connectivity index (χ0v) is 15.5. The van der Waals surface area contributed by atoms with Gasteiger partial charge in [0.05, 0.1) is 6.54 Å². The Morgan fingerprint density at radius 3 is 2.52 bits per heavy atom. The Kier molecular flexibility index (Phi) is 4.33. The number of fused-ring (bicyclic) bond motifs is 1. The Bertz CT molecular complexity index is 1100. The molecule has 0 aliphatic carbocycles. The van der Waals surface area contributed by atoms with Gasteiger partial charge in [0, 0.05) is 29.7 Å². The van der Waals surface area contributed by atoms with E-state index in [2.05, 4.69) is 5.32 Å². The maximum absolute atomic E-state index is 13.0. The number of carbonyl (C=O) groups excluding carboxylic acids is 2. The second kappa shape index (κ2) is 6.81. The highest BCUT2D eigenvalue weighted by atomic mass is 32.1. The Morgan fingerprint density at radius 1 is 1.04 bits per heavy atom. The Labute approximate surface area is 161 Å². The van der Waals surface area contributed by atoms with E-state index in [4.69, 9.17) is 12.2 Å². The quantitative estimate of drug-likeness (QED) is 0.435. The van der Waals surface area contributed by atoms with Crippen LogP contribution in [0.5, 0.6) is 0 Å². The summed E-state index contributed by atoms with van der Waals surface area (Å²) in [7, 11) is 1.93. The molecule has 1 N–H and O–H groups in total. The number of carbonyl (C=O) groups is 2. The lowest BCUT2D eigenvalue weighted by Crippen LogP contribution is -2.53. The number of nitrogens with one attached hydrogen (secondary N) is 1. The number of rotatable bonds is 3. The summed E-state index contributed by atoms with van der Waals surface area (Å²) >= 11 is 5.22. The number of benzene rings is 2. The summed E-state index contributed by atoms with van der Waals surface area (Å²) in [6.07, 6.45) is 3.55. The summed E-state index contributed by atoms with van der Waals surface area (Å²) in [6, 6.07) is 17.4. The van der Waals surface area contributed by atoms with E-state index < -0.39 is 5.91 Å². The van der Waals surface area contributed by atoms with Crippen molar-refractivity contribution < 1.29 is 9.59 Å². The molecule has 2 aromatic carbocycles. The summed E-state index contributed by atoms with van der Waals surface area (Å²) in [4.78, 5) is 26.9. The number of aryl methyl sites for hydroxylation is 1. The monoisotopic (exact) mass is 375 g/mol. The van der Waals surface area contributed by atoms with Gasteiger partial charge in [-0.25, -0.2) is 0 Å². The molecule has 1 aliphatic rings. The van der Waals surface area contributed by atoms with Gasteiger partial charge in [-0.15, -0.1) is 0 Å². The van der Waals surface area contributed by atoms with Crippen LogP contribution >= 0.6 is 12.2 Å². The third-order valence-electron chi connectivity index (χ3n) is 4.60. The first-order valence-electron chi connectivity index (χ1n) is 8.51. The molecular formula is C21H17N3O2S. The van der Waals surface area contributed by atoms with E-state index in [9.17, 15) is 9.59 Å². The van der Waals surface area contributed by atoms with Gasteiger partial charge in [0.1, 0.15) is 5.57 Å². The van der Waals surface area contributed by atoms with Gasteiger partial charge >= 0.3 is 0 Å². The van der Waals surface area contributed by atoms with Crippen LogP contribution in [0.1, 0.15) is 11.1 Å². The fraction of sp³-hybridized carbons (Fsp3) is 0.0952. The minimum absolute atomic E-state index is 0.0795. The van der Waals surface area contributed by atoms with Crippen LogP contribution in [0.4, 0.5) is 0 Å². The lowest BCUT2D eigenvalue weighted by atomic mass is 10.1. The van der Waals surface area contributed by atoms with Crippen molar-refractivity contribution in [1.29, 1.82) is 0 Å². The minimum Gasteiger partial charge on any atom is -0.350 e. The van der Waals surface area contributed by atoms with Crippen LogP contribution < -0.4 is 5.32 Å². The van der Waals surface area contributed by atoms with Crippen LogP contribution in [0.25, 0.3) is 17.0 Å². The van der Waals surface area contributed by atoms with Crippen LogP contribution in [0, 0.1) is 0 Å². The zero-order valence-electron chi connectivity index (χ0n) is 14.7. The molecule has 1 aliphatic heterocycles. The molecule has 0 bridgehead atoms. The lowest BCUT2D eigenvalue weighted by molar-refractivity contribution is -0.129. The highest BCUT2D eigenvalue weighted by molar-refractivity contribution is 7.80. The molecule has 0 unspecified atom stereocenters. The first-order chi connectivity index (χ1) is 13.0. The van der Waals surface area contributed by atoms with Crippen LogP contribution in [-0.2, 0) is 23.2 Å². The molecule has 2 heterocycles. The second-order valence-corrected chi connectivity index (χ2v) is 6.79. The molecule has 1 saturated heterocycles. The molecule has 134 valence electrons. The van der Waals surface area contributed by atoms with Crippen molar-refractivity contribution in [3.63, 3.8) is 0 Å². The predicted molar refractivity (Wildman–Crippen MR) is 109 cm³/mol. The van der Waals surface area contributed by atoms with Gasteiger partial charge in [-0.2, -0.15) is 0 Å². The van der Waals surface area contributed by atoms with Crippen molar-refractivity contribution in [1.82, 2.24) is 14.8 Å². The fourth-order valence-electron chi connectivity index (χ4n) is 3.25. The van der Waals surface area contributed by atoms with Gasteiger partial charge in [-0.3, -0.25) is 19.8 Å². The molecular weight excluding hydrogens is 358 g/mol. The van der Waals surface area contributed by atoms with Crippen molar-refractivity contribution in [3.05, 3.63) is 77.5 Å². The standard InChI is InChI=1S/C21H17N3O2S/c1-23-13-15(16-9-5-6-10-18(16)23)11-17-19(25)22-21(27)24(20(17)26)12-14-7-3-2-4-8-14/h2-11,13H,12H2,1H3,(H,22,25,27)/b17-11+. The smallest absolute Gasteiger partial charge is 0.265 e. The van der Waals surface area contributed by atoms with Crippen LogP contribution in [0.15, 0.2) is 66.4 Å². The van der Waals surface area contributed by atoms with Crippen molar-refractivity contribution in [3.8, 4) is 0 Å².